The lowest BCUT2D eigenvalue weighted by molar-refractivity contribution is -0.146. The summed E-state index contributed by atoms with van der Waals surface area (Å²) in [5, 5.41) is 19.5. The van der Waals surface area contributed by atoms with Crippen molar-refractivity contribution in [2.24, 2.45) is 0 Å². The Balaban J connectivity index is 3.45. The normalized spacial score (nSPS) is 12.1. The number of thioether (sulfide) groups is 1. The molecule has 0 fully saturated rings. The van der Waals surface area contributed by atoms with Gasteiger partial charge in [-0.25, -0.2) is 4.79 Å². The van der Waals surface area contributed by atoms with Crippen molar-refractivity contribution >= 4 is 23.6 Å². The lowest BCUT2D eigenvalue weighted by Gasteiger charge is -2.07. The summed E-state index contributed by atoms with van der Waals surface area (Å²) in [5.74, 6) is -0.708. The molecule has 0 spiro atoms. The van der Waals surface area contributed by atoms with E-state index in [1.54, 1.807) is 7.11 Å². The second-order valence-corrected chi connectivity index (χ2v) is 3.81. The minimum Gasteiger partial charge on any atom is -0.479 e. The van der Waals surface area contributed by atoms with Gasteiger partial charge in [0.1, 0.15) is 0 Å². The molecule has 0 saturated heterocycles. The van der Waals surface area contributed by atoms with E-state index in [2.05, 4.69) is 5.32 Å². The van der Waals surface area contributed by atoms with Gasteiger partial charge in [0, 0.05) is 12.9 Å². The largest absolute Gasteiger partial charge is 0.479 e. The number of aliphatic hydroxyl groups excluding tert-OH is 1. The van der Waals surface area contributed by atoms with Crippen molar-refractivity contribution in [1.29, 1.82) is 0 Å². The van der Waals surface area contributed by atoms with E-state index >= 15 is 0 Å². The third-order valence-corrected chi connectivity index (χ3v) is 2.36. The number of aliphatic carboxylic acids is 1. The number of rotatable bonds is 8. The smallest absolute Gasteiger partial charge is 0.334 e. The van der Waals surface area contributed by atoms with Gasteiger partial charge in [0.05, 0.1) is 18.9 Å². The fraction of sp³-hybridized carbons (Fsp3) is 0.750. The molecule has 1 amide bonds. The van der Waals surface area contributed by atoms with E-state index in [0.29, 0.717) is 12.4 Å². The molecular formula is C8H15NO5S. The molecule has 0 rings (SSSR count). The standard InChI is InChI=1S/C8H15NO5S/c1-14-2-3-15-5-7(11)9-4-6(10)8(12)13/h6,10H,2-5H2,1H3,(H,9,11)(H,12,13)/t6-/m0/s1. The molecule has 0 unspecified atom stereocenters. The monoisotopic (exact) mass is 237 g/mol. The van der Waals surface area contributed by atoms with Crippen LogP contribution in [0.5, 0.6) is 0 Å². The lowest BCUT2D eigenvalue weighted by atomic mass is 10.3. The summed E-state index contributed by atoms with van der Waals surface area (Å²) >= 11 is 1.38. The molecule has 15 heavy (non-hydrogen) atoms. The first-order valence-corrected chi connectivity index (χ1v) is 5.47. The Morgan fingerprint density at radius 2 is 2.20 bits per heavy atom. The first kappa shape index (κ1) is 14.2. The minimum atomic E-state index is -1.54. The van der Waals surface area contributed by atoms with Crippen LogP contribution in [-0.2, 0) is 14.3 Å². The van der Waals surface area contributed by atoms with Crippen LogP contribution in [0, 0.1) is 0 Å². The summed E-state index contributed by atoms with van der Waals surface area (Å²) in [6, 6.07) is 0. The highest BCUT2D eigenvalue weighted by molar-refractivity contribution is 7.99. The maximum atomic E-state index is 11.1. The highest BCUT2D eigenvalue weighted by atomic mass is 32.2. The minimum absolute atomic E-state index is 0.232. The zero-order chi connectivity index (χ0) is 11.7. The number of carboxylic acids is 1. The van der Waals surface area contributed by atoms with Crippen LogP contribution >= 0.6 is 11.8 Å². The Bertz CT molecular complexity index is 211. The Hall–Kier alpha value is -0.790. The average molecular weight is 237 g/mol. The van der Waals surface area contributed by atoms with Crippen molar-refractivity contribution in [3.8, 4) is 0 Å². The van der Waals surface area contributed by atoms with Crippen LogP contribution in [0.4, 0.5) is 0 Å². The van der Waals surface area contributed by atoms with Crippen molar-refractivity contribution in [3.05, 3.63) is 0 Å². The Labute approximate surface area is 92.0 Å². The average Bonchev–Trinajstić information content (AvgIpc) is 2.20. The van der Waals surface area contributed by atoms with Crippen LogP contribution in [0.2, 0.25) is 0 Å². The van der Waals surface area contributed by atoms with Gasteiger partial charge in [-0.3, -0.25) is 4.79 Å². The number of ether oxygens (including phenoxy) is 1. The first-order valence-electron chi connectivity index (χ1n) is 4.32. The lowest BCUT2D eigenvalue weighted by Crippen LogP contribution is -2.37. The Morgan fingerprint density at radius 3 is 2.73 bits per heavy atom. The second-order valence-electron chi connectivity index (χ2n) is 2.70. The van der Waals surface area contributed by atoms with Gasteiger partial charge in [0.15, 0.2) is 6.10 Å². The van der Waals surface area contributed by atoms with Crippen LogP contribution < -0.4 is 5.32 Å². The van der Waals surface area contributed by atoms with E-state index in [1.165, 1.54) is 11.8 Å². The Morgan fingerprint density at radius 1 is 1.53 bits per heavy atom. The maximum absolute atomic E-state index is 11.1. The quantitative estimate of drug-likeness (QED) is 0.465. The van der Waals surface area contributed by atoms with Gasteiger partial charge in [-0.05, 0) is 0 Å². The number of nitrogens with one attached hydrogen (secondary N) is 1. The van der Waals surface area contributed by atoms with Crippen LogP contribution in [0.15, 0.2) is 0 Å². The fourth-order valence-corrected chi connectivity index (χ4v) is 1.37. The van der Waals surface area contributed by atoms with Crippen molar-refractivity contribution in [1.82, 2.24) is 5.32 Å². The van der Waals surface area contributed by atoms with Crippen molar-refractivity contribution in [2.75, 3.05) is 31.8 Å². The van der Waals surface area contributed by atoms with Gasteiger partial charge in [-0.15, -0.1) is 11.8 Å². The van der Waals surface area contributed by atoms with E-state index in [1.807, 2.05) is 0 Å². The molecule has 0 aromatic heterocycles. The van der Waals surface area contributed by atoms with E-state index < -0.39 is 12.1 Å². The predicted octanol–water partition coefficient (Wildman–Crippen LogP) is -1.07. The molecule has 0 aromatic carbocycles. The number of hydrogen-bond donors (Lipinski definition) is 3. The predicted molar refractivity (Wildman–Crippen MR) is 55.9 cm³/mol. The molecule has 88 valence electrons. The molecule has 0 radical (unpaired) electrons. The summed E-state index contributed by atoms with van der Waals surface area (Å²) in [4.78, 5) is 21.2. The molecule has 7 heteroatoms. The van der Waals surface area contributed by atoms with Gasteiger partial charge >= 0.3 is 5.97 Å². The van der Waals surface area contributed by atoms with Gasteiger partial charge in [0.2, 0.25) is 5.91 Å². The number of carboxylic acid groups (broad SMARTS) is 1. The molecule has 6 nitrogen and oxygen atoms in total. The van der Waals surface area contributed by atoms with Gasteiger partial charge in [-0.2, -0.15) is 0 Å². The number of methoxy groups -OCH3 is 1. The maximum Gasteiger partial charge on any atom is 0.334 e. The van der Waals surface area contributed by atoms with Gasteiger partial charge in [-0.1, -0.05) is 0 Å². The Kier molecular flexibility index (Phi) is 8.06. The van der Waals surface area contributed by atoms with Crippen LogP contribution in [0.1, 0.15) is 0 Å². The molecule has 0 saturated carbocycles. The third-order valence-electron chi connectivity index (χ3n) is 1.44. The molecule has 0 bridgehead atoms. The van der Waals surface area contributed by atoms with E-state index in [4.69, 9.17) is 14.9 Å². The number of carbonyl (C=O) groups excluding carboxylic acids is 1. The molecule has 0 aromatic rings. The van der Waals surface area contributed by atoms with Crippen molar-refractivity contribution in [2.45, 2.75) is 6.10 Å². The van der Waals surface area contributed by atoms with Gasteiger partial charge in [0.25, 0.3) is 0 Å². The number of aliphatic hydroxyl groups is 1. The van der Waals surface area contributed by atoms with Crippen LogP contribution in [0.3, 0.4) is 0 Å². The molecule has 0 aliphatic rings. The summed E-state index contributed by atoms with van der Waals surface area (Å²) in [7, 11) is 1.57. The van der Waals surface area contributed by atoms with E-state index in [0.717, 1.165) is 0 Å². The molecule has 3 N–H and O–H groups in total. The first-order chi connectivity index (χ1) is 7.07. The summed E-state index contributed by atoms with van der Waals surface area (Å²) in [6.07, 6.45) is -1.54. The zero-order valence-electron chi connectivity index (χ0n) is 8.43. The van der Waals surface area contributed by atoms with E-state index in [-0.39, 0.29) is 18.2 Å². The summed E-state index contributed by atoms with van der Waals surface area (Å²) in [6.45, 7) is 0.300. The van der Waals surface area contributed by atoms with E-state index in [9.17, 15) is 9.59 Å². The molecular weight excluding hydrogens is 222 g/mol. The highest BCUT2D eigenvalue weighted by Crippen LogP contribution is 1.98. The molecule has 0 aliphatic carbocycles. The van der Waals surface area contributed by atoms with Gasteiger partial charge < -0.3 is 20.3 Å². The SMILES string of the molecule is COCCSCC(=O)NC[C@H](O)C(=O)O. The number of amides is 1. The third kappa shape index (κ3) is 8.22. The summed E-state index contributed by atoms with van der Waals surface area (Å²) < 4.78 is 4.78. The van der Waals surface area contributed by atoms with Crippen molar-refractivity contribution < 1.29 is 24.5 Å². The van der Waals surface area contributed by atoms with Crippen LogP contribution in [0.25, 0.3) is 0 Å². The summed E-state index contributed by atoms with van der Waals surface area (Å²) in [5.41, 5.74) is 0. The fourth-order valence-electron chi connectivity index (χ4n) is 0.656. The second kappa shape index (κ2) is 8.51. The number of carbonyl (C=O) groups is 2. The zero-order valence-corrected chi connectivity index (χ0v) is 9.25. The molecule has 0 heterocycles. The van der Waals surface area contributed by atoms with Crippen molar-refractivity contribution in [3.63, 3.8) is 0 Å². The molecule has 1 atom stereocenters. The highest BCUT2D eigenvalue weighted by Gasteiger charge is 2.13. The van der Waals surface area contributed by atoms with Crippen LogP contribution in [-0.4, -0.2) is 60.0 Å². The molecule has 0 aliphatic heterocycles. The number of hydrogen-bond acceptors (Lipinski definition) is 5. The topological polar surface area (TPSA) is 95.9 Å².